The summed E-state index contributed by atoms with van der Waals surface area (Å²) in [5.74, 6) is 0.601. The molecule has 0 spiro atoms. The van der Waals surface area contributed by atoms with Crippen LogP contribution in [-0.4, -0.2) is 6.26 Å². The fourth-order valence-electron chi connectivity index (χ4n) is 1.60. The Labute approximate surface area is 112 Å². The van der Waals surface area contributed by atoms with Crippen molar-refractivity contribution in [2.45, 2.75) is 20.8 Å². The van der Waals surface area contributed by atoms with Gasteiger partial charge in [-0.1, -0.05) is 38.1 Å². The van der Waals surface area contributed by atoms with E-state index in [2.05, 4.69) is 72.7 Å². The Morgan fingerprint density at radius 1 is 1.29 bits per heavy atom. The molecule has 0 aromatic heterocycles. The molecule has 0 nitrogen and oxygen atoms in total. The molecule has 1 aromatic rings. The minimum atomic E-state index is 0.601. The van der Waals surface area contributed by atoms with E-state index < -0.39 is 0 Å². The van der Waals surface area contributed by atoms with E-state index in [-0.39, 0.29) is 0 Å². The van der Waals surface area contributed by atoms with E-state index in [4.69, 9.17) is 0 Å². The molecule has 1 atom stereocenters. The van der Waals surface area contributed by atoms with Crippen molar-refractivity contribution in [3.63, 3.8) is 0 Å². The van der Waals surface area contributed by atoms with Crippen molar-refractivity contribution < 1.29 is 0 Å². The standard InChI is InChI=1S/C15H21PS/c1-11(2)6-5-7-15(17-4)13-8-12(3)9-14(16)10-13/h5-11H,16H2,1-4H3/b6-5+,15-7-. The summed E-state index contributed by atoms with van der Waals surface area (Å²) < 4.78 is 0. The Bertz CT molecular complexity index is 410. The van der Waals surface area contributed by atoms with Gasteiger partial charge in [0.05, 0.1) is 0 Å². The normalized spacial score (nSPS) is 12.7. The van der Waals surface area contributed by atoms with Crippen LogP contribution in [0.15, 0.2) is 36.4 Å². The number of hydrogen-bond acceptors (Lipinski definition) is 1. The molecule has 0 radical (unpaired) electrons. The molecule has 0 amide bonds. The molecule has 0 saturated heterocycles. The number of hydrogen-bond donors (Lipinski definition) is 0. The van der Waals surface area contributed by atoms with Gasteiger partial charge in [-0.25, -0.2) is 0 Å². The summed E-state index contributed by atoms with van der Waals surface area (Å²) in [5.41, 5.74) is 2.61. The molecule has 0 N–H and O–H groups in total. The maximum atomic E-state index is 2.77. The Morgan fingerprint density at radius 2 is 2.00 bits per heavy atom. The van der Waals surface area contributed by atoms with Crippen LogP contribution in [0.4, 0.5) is 0 Å². The van der Waals surface area contributed by atoms with Crippen LogP contribution in [0, 0.1) is 12.8 Å². The van der Waals surface area contributed by atoms with E-state index in [9.17, 15) is 0 Å². The quantitative estimate of drug-likeness (QED) is 0.573. The fraction of sp³-hybridized carbons (Fsp3) is 0.333. The molecule has 0 fully saturated rings. The summed E-state index contributed by atoms with van der Waals surface area (Å²) in [5, 5.41) is 1.24. The van der Waals surface area contributed by atoms with E-state index in [1.54, 1.807) is 11.8 Å². The smallest absolute Gasteiger partial charge is 0.0142 e. The Kier molecular flexibility index (Phi) is 6.02. The van der Waals surface area contributed by atoms with E-state index in [1.807, 2.05) is 0 Å². The van der Waals surface area contributed by atoms with Crippen LogP contribution < -0.4 is 5.30 Å². The summed E-state index contributed by atoms with van der Waals surface area (Å²) in [6.07, 6.45) is 8.69. The van der Waals surface area contributed by atoms with Gasteiger partial charge in [0.15, 0.2) is 0 Å². The first-order valence-corrected chi connectivity index (χ1v) is 7.63. The number of benzene rings is 1. The lowest BCUT2D eigenvalue weighted by Gasteiger charge is -2.06. The van der Waals surface area contributed by atoms with Crippen molar-refractivity contribution in [1.82, 2.24) is 0 Å². The van der Waals surface area contributed by atoms with Gasteiger partial charge < -0.3 is 0 Å². The monoisotopic (exact) mass is 264 g/mol. The second kappa shape index (κ2) is 7.03. The SMILES string of the molecule is CS/C(=C\C=C\C(C)C)c1cc(C)cc(P)c1. The fourth-order valence-corrected chi connectivity index (χ4v) is 2.61. The van der Waals surface area contributed by atoms with Gasteiger partial charge in [0.2, 0.25) is 0 Å². The molecular weight excluding hydrogens is 243 g/mol. The maximum Gasteiger partial charge on any atom is 0.0142 e. The number of allylic oxidation sites excluding steroid dienone is 3. The Morgan fingerprint density at radius 3 is 2.53 bits per heavy atom. The maximum absolute atomic E-state index is 2.77. The number of aryl methyl sites for hydroxylation is 1. The van der Waals surface area contributed by atoms with Gasteiger partial charge >= 0.3 is 0 Å². The third kappa shape index (κ3) is 5.10. The van der Waals surface area contributed by atoms with Crippen molar-refractivity contribution in [1.29, 1.82) is 0 Å². The molecule has 0 aliphatic rings. The first-order chi connectivity index (χ1) is 8.02. The highest BCUT2D eigenvalue weighted by Crippen LogP contribution is 2.25. The molecule has 1 rings (SSSR count). The van der Waals surface area contributed by atoms with Gasteiger partial charge in [0.25, 0.3) is 0 Å². The highest BCUT2D eigenvalue weighted by atomic mass is 32.2. The molecule has 0 saturated carbocycles. The molecule has 0 aliphatic carbocycles. The Hall–Kier alpha value is -0.520. The van der Waals surface area contributed by atoms with Crippen molar-refractivity contribution in [3.05, 3.63) is 47.6 Å². The predicted octanol–water partition coefficient (Wildman–Crippen LogP) is 4.41. The topological polar surface area (TPSA) is 0 Å². The minimum absolute atomic E-state index is 0.601. The third-order valence-corrected chi connectivity index (χ3v) is 3.49. The van der Waals surface area contributed by atoms with Gasteiger partial charge in [0.1, 0.15) is 0 Å². The van der Waals surface area contributed by atoms with Crippen molar-refractivity contribution >= 4 is 31.2 Å². The minimum Gasteiger partial charge on any atom is -0.129 e. The predicted molar refractivity (Wildman–Crippen MR) is 86.0 cm³/mol. The van der Waals surface area contributed by atoms with Crippen LogP contribution in [0.2, 0.25) is 0 Å². The summed E-state index contributed by atoms with van der Waals surface area (Å²) >= 11 is 1.79. The van der Waals surface area contributed by atoms with Gasteiger partial charge in [0, 0.05) is 4.91 Å². The van der Waals surface area contributed by atoms with Crippen LogP contribution in [0.25, 0.3) is 4.91 Å². The third-order valence-electron chi connectivity index (χ3n) is 2.35. The zero-order valence-corrected chi connectivity index (χ0v) is 13.0. The van der Waals surface area contributed by atoms with Crippen LogP contribution in [0.5, 0.6) is 0 Å². The van der Waals surface area contributed by atoms with Gasteiger partial charge in [-0.15, -0.1) is 21.0 Å². The van der Waals surface area contributed by atoms with Crippen molar-refractivity contribution in [2.24, 2.45) is 5.92 Å². The molecule has 1 unspecified atom stereocenters. The summed E-state index contributed by atoms with van der Waals surface area (Å²) in [6.45, 7) is 6.52. The molecule has 0 aliphatic heterocycles. The van der Waals surface area contributed by atoms with E-state index in [0.29, 0.717) is 5.92 Å². The highest BCUT2D eigenvalue weighted by molar-refractivity contribution is 8.07. The zero-order valence-electron chi connectivity index (χ0n) is 11.0. The lowest BCUT2D eigenvalue weighted by Crippen LogP contribution is -1.94. The van der Waals surface area contributed by atoms with E-state index in [0.717, 1.165) is 0 Å². The second-order valence-corrected chi connectivity index (χ2v) is 6.01. The molecule has 0 heterocycles. The molecule has 92 valence electrons. The van der Waals surface area contributed by atoms with Crippen LogP contribution in [0.3, 0.4) is 0 Å². The number of thioether (sulfide) groups is 1. The first-order valence-electron chi connectivity index (χ1n) is 5.83. The summed E-state index contributed by atoms with van der Waals surface area (Å²) in [6, 6.07) is 6.62. The lowest BCUT2D eigenvalue weighted by molar-refractivity contribution is 0.832. The number of rotatable bonds is 4. The average Bonchev–Trinajstić information content (AvgIpc) is 2.22. The van der Waals surface area contributed by atoms with Gasteiger partial charge in [-0.05, 0) is 47.7 Å². The van der Waals surface area contributed by atoms with Crippen LogP contribution in [0.1, 0.15) is 25.0 Å². The molecule has 17 heavy (non-hydrogen) atoms. The summed E-state index contributed by atoms with van der Waals surface area (Å²) in [4.78, 5) is 1.31. The summed E-state index contributed by atoms with van der Waals surface area (Å²) in [7, 11) is 2.77. The molecular formula is C15H21PS. The Balaban J connectivity index is 3.01. The lowest BCUT2D eigenvalue weighted by atomic mass is 10.1. The first kappa shape index (κ1) is 14.5. The van der Waals surface area contributed by atoms with E-state index >= 15 is 0 Å². The van der Waals surface area contributed by atoms with Gasteiger partial charge in [-0.3, -0.25) is 0 Å². The molecule has 1 aromatic carbocycles. The molecule has 0 bridgehead atoms. The van der Waals surface area contributed by atoms with Crippen molar-refractivity contribution in [2.75, 3.05) is 6.26 Å². The van der Waals surface area contributed by atoms with Crippen LogP contribution >= 0.6 is 21.0 Å². The molecule has 2 heteroatoms. The highest BCUT2D eigenvalue weighted by Gasteiger charge is 2.01. The second-order valence-electron chi connectivity index (χ2n) is 4.50. The zero-order chi connectivity index (χ0) is 12.8. The van der Waals surface area contributed by atoms with Crippen LogP contribution in [-0.2, 0) is 0 Å². The van der Waals surface area contributed by atoms with Crippen molar-refractivity contribution in [3.8, 4) is 0 Å². The average molecular weight is 264 g/mol. The largest absolute Gasteiger partial charge is 0.129 e. The van der Waals surface area contributed by atoms with E-state index in [1.165, 1.54) is 21.3 Å². The van der Waals surface area contributed by atoms with Gasteiger partial charge in [-0.2, -0.15) is 0 Å².